The molecule has 1 fully saturated rings. The largest absolute Gasteiger partial charge is 0.493 e. The van der Waals surface area contributed by atoms with Crippen molar-refractivity contribution >= 4 is 28.7 Å². The van der Waals surface area contributed by atoms with Crippen molar-refractivity contribution in [2.75, 3.05) is 31.4 Å². The van der Waals surface area contributed by atoms with Crippen LogP contribution in [0.5, 0.6) is 11.5 Å². The lowest BCUT2D eigenvalue weighted by Crippen LogP contribution is -2.50. The summed E-state index contributed by atoms with van der Waals surface area (Å²) in [6, 6.07) is 18.6. The summed E-state index contributed by atoms with van der Waals surface area (Å²) in [7, 11) is 3.18. The molecule has 1 unspecified atom stereocenters. The minimum atomic E-state index is -0.635. The standard InChI is InChI=1S/C27H28N6O3/c1-27(17-7-5-4-6-8-17)13-14-33(23(27)24(28)34)25-22-19(31-26(29)32-25)11-10-18(30-22)16-9-12-20(35-2)21(15-16)36-3/h4-12,15,23H,13-14H2,1-3H3,(H2,28,34)(H2,29,31,32)/t23?,27-/m0/s1. The van der Waals surface area contributed by atoms with Gasteiger partial charge in [0.25, 0.3) is 0 Å². The van der Waals surface area contributed by atoms with Crippen molar-refractivity contribution in [1.29, 1.82) is 0 Å². The number of carbonyl (C=O) groups excluding carboxylic acids is 1. The van der Waals surface area contributed by atoms with E-state index in [0.717, 1.165) is 11.1 Å². The van der Waals surface area contributed by atoms with E-state index in [1.807, 2.05) is 65.6 Å². The van der Waals surface area contributed by atoms with Gasteiger partial charge in [-0.1, -0.05) is 37.3 Å². The van der Waals surface area contributed by atoms with Gasteiger partial charge in [0.2, 0.25) is 11.9 Å². The third kappa shape index (κ3) is 3.82. The molecule has 0 saturated carbocycles. The van der Waals surface area contributed by atoms with Crippen LogP contribution in [0.15, 0.2) is 60.7 Å². The summed E-state index contributed by atoms with van der Waals surface area (Å²) in [5.74, 6) is 1.39. The molecule has 1 aliphatic heterocycles. The molecule has 9 nitrogen and oxygen atoms in total. The zero-order valence-electron chi connectivity index (χ0n) is 20.4. The highest BCUT2D eigenvalue weighted by molar-refractivity contribution is 5.93. The van der Waals surface area contributed by atoms with E-state index in [2.05, 4.69) is 16.9 Å². The van der Waals surface area contributed by atoms with Gasteiger partial charge in [-0.15, -0.1) is 0 Å². The molecule has 9 heteroatoms. The monoisotopic (exact) mass is 484 g/mol. The van der Waals surface area contributed by atoms with Crippen molar-refractivity contribution < 1.29 is 14.3 Å². The summed E-state index contributed by atoms with van der Waals surface area (Å²) in [4.78, 5) is 28.6. The highest BCUT2D eigenvalue weighted by Crippen LogP contribution is 2.43. The number of hydrogen-bond acceptors (Lipinski definition) is 8. The summed E-state index contributed by atoms with van der Waals surface area (Å²) in [5.41, 5.74) is 15.3. The lowest BCUT2D eigenvalue weighted by Gasteiger charge is -2.34. The van der Waals surface area contributed by atoms with Crippen molar-refractivity contribution in [2.45, 2.75) is 24.8 Å². The van der Waals surface area contributed by atoms with Crippen LogP contribution in [0.25, 0.3) is 22.3 Å². The van der Waals surface area contributed by atoms with Crippen LogP contribution < -0.4 is 25.8 Å². The molecule has 4 aromatic rings. The molecule has 0 bridgehead atoms. The van der Waals surface area contributed by atoms with Gasteiger partial charge >= 0.3 is 0 Å². The van der Waals surface area contributed by atoms with Crippen molar-refractivity contribution in [3.05, 3.63) is 66.2 Å². The molecule has 4 N–H and O–H groups in total. The van der Waals surface area contributed by atoms with Gasteiger partial charge in [0.1, 0.15) is 11.6 Å². The highest BCUT2D eigenvalue weighted by atomic mass is 16.5. The van der Waals surface area contributed by atoms with Gasteiger partial charge < -0.3 is 25.8 Å². The number of benzene rings is 2. The van der Waals surface area contributed by atoms with Crippen LogP contribution in [-0.2, 0) is 10.2 Å². The van der Waals surface area contributed by atoms with Gasteiger partial charge in [0.05, 0.1) is 25.4 Å². The second-order valence-corrected chi connectivity index (χ2v) is 9.07. The van der Waals surface area contributed by atoms with Crippen LogP contribution in [0.2, 0.25) is 0 Å². The summed E-state index contributed by atoms with van der Waals surface area (Å²) in [5, 5.41) is 0. The summed E-state index contributed by atoms with van der Waals surface area (Å²) in [6.07, 6.45) is 0.714. The first-order valence-corrected chi connectivity index (χ1v) is 11.6. The molecular formula is C27H28N6O3. The Labute approximate surface area is 209 Å². The number of rotatable bonds is 6. The van der Waals surface area contributed by atoms with Crippen LogP contribution in [-0.4, -0.2) is 47.7 Å². The molecule has 0 spiro atoms. The normalized spacial score (nSPS) is 19.4. The quantitative estimate of drug-likeness (QED) is 0.426. The van der Waals surface area contributed by atoms with E-state index in [9.17, 15) is 4.79 Å². The Kier molecular flexibility index (Phi) is 5.83. The number of anilines is 2. The number of primary amides is 1. The fourth-order valence-corrected chi connectivity index (χ4v) is 5.15. The van der Waals surface area contributed by atoms with Crippen LogP contribution >= 0.6 is 0 Å². The van der Waals surface area contributed by atoms with Gasteiger partial charge in [-0.2, -0.15) is 4.98 Å². The maximum atomic E-state index is 12.9. The fraction of sp³-hybridized carbons (Fsp3) is 0.259. The fourth-order valence-electron chi connectivity index (χ4n) is 5.15. The Morgan fingerprint density at radius 3 is 2.44 bits per heavy atom. The minimum Gasteiger partial charge on any atom is -0.493 e. The van der Waals surface area contributed by atoms with Crippen molar-refractivity contribution in [3.63, 3.8) is 0 Å². The van der Waals surface area contributed by atoms with E-state index in [-0.39, 0.29) is 5.95 Å². The topological polar surface area (TPSA) is 129 Å². The Morgan fingerprint density at radius 2 is 1.75 bits per heavy atom. The lowest BCUT2D eigenvalue weighted by molar-refractivity contribution is -0.120. The number of ether oxygens (including phenoxy) is 2. The predicted octanol–water partition coefficient (Wildman–Crippen LogP) is 3.31. The molecule has 36 heavy (non-hydrogen) atoms. The van der Waals surface area contributed by atoms with Crippen molar-refractivity contribution in [3.8, 4) is 22.8 Å². The number of nitrogen functional groups attached to an aromatic ring is 1. The van der Waals surface area contributed by atoms with Gasteiger partial charge in [-0.3, -0.25) is 4.79 Å². The maximum absolute atomic E-state index is 12.9. The molecule has 5 rings (SSSR count). The van der Waals surface area contributed by atoms with Crippen molar-refractivity contribution in [1.82, 2.24) is 15.0 Å². The number of carbonyl (C=O) groups is 1. The molecule has 1 aliphatic rings. The van der Waals surface area contributed by atoms with Crippen LogP contribution in [0.4, 0.5) is 11.8 Å². The number of amides is 1. The smallest absolute Gasteiger partial charge is 0.241 e. The average molecular weight is 485 g/mol. The first-order chi connectivity index (χ1) is 17.4. The number of nitrogens with two attached hydrogens (primary N) is 2. The molecule has 2 aromatic heterocycles. The SMILES string of the molecule is COc1ccc(-c2ccc3nc(N)nc(N4CC[C@@](C)(c5ccccc5)C4C(N)=O)c3n2)cc1OC. The van der Waals surface area contributed by atoms with E-state index in [1.54, 1.807) is 14.2 Å². The van der Waals surface area contributed by atoms with Crippen LogP contribution in [0.3, 0.4) is 0 Å². The molecule has 1 saturated heterocycles. The number of nitrogens with zero attached hydrogens (tertiary/aromatic N) is 4. The Morgan fingerprint density at radius 1 is 1.00 bits per heavy atom. The number of aromatic nitrogens is 3. The molecule has 2 aromatic carbocycles. The Bertz CT molecular complexity index is 1440. The minimum absolute atomic E-state index is 0.106. The number of pyridine rings is 1. The Balaban J connectivity index is 1.65. The van der Waals surface area contributed by atoms with Gasteiger partial charge in [0.15, 0.2) is 17.3 Å². The predicted molar refractivity (Wildman–Crippen MR) is 139 cm³/mol. The number of hydrogen-bond donors (Lipinski definition) is 2. The van der Waals surface area contributed by atoms with E-state index in [1.165, 1.54) is 0 Å². The summed E-state index contributed by atoms with van der Waals surface area (Å²) in [6.45, 7) is 2.62. The number of fused-ring (bicyclic) bond motifs is 1. The maximum Gasteiger partial charge on any atom is 0.241 e. The second kappa shape index (κ2) is 8.99. The van der Waals surface area contributed by atoms with Gasteiger partial charge in [-0.05, 0) is 42.3 Å². The molecule has 3 heterocycles. The zero-order valence-corrected chi connectivity index (χ0v) is 20.4. The molecule has 1 amide bonds. The average Bonchev–Trinajstić information content (AvgIpc) is 3.26. The van der Waals surface area contributed by atoms with E-state index in [0.29, 0.717) is 47.0 Å². The third-order valence-corrected chi connectivity index (χ3v) is 6.98. The van der Waals surface area contributed by atoms with Crippen LogP contribution in [0, 0.1) is 0 Å². The van der Waals surface area contributed by atoms with E-state index < -0.39 is 17.4 Å². The van der Waals surface area contributed by atoms with Gasteiger partial charge in [0, 0.05) is 17.5 Å². The molecule has 184 valence electrons. The lowest BCUT2D eigenvalue weighted by atomic mass is 9.75. The van der Waals surface area contributed by atoms with Crippen LogP contribution in [0.1, 0.15) is 18.9 Å². The molecule has 2 atom stereocenters. The first kappa shape index (κ1) is 23.3. The Hall–Kier alpha value is -4.40. The van der Waals surface area contributed by atoms with E-state index >= 15 is 0 Å². The highest BCUT2D eigenvalue weighted by Gasteiger charge is 2.49. The number of methoxy groups -OCH3 is 2. The second-order valence-electron chi connectivity index (χ2n) is 9.07. The molecule has 0 aliphatic carbocycles. The summed E-state index contributed by atoms with van der Waals surface area (Å²) >= 11 is 0. The molecular weight excluding hydrogens is 456 g/mol. The van der Waals surface area contributed by atoms with Gasteiger partial charge in [-0.25, -0.2) is 9.97 Å². The van der Waals surface area contributed by atoms with Crippen molar-refractivity contribution in [2.24, 2.45) is 5.73 Å². The first-order valence-electron chi connectivity index (χ1n) is 11.6. The molecule has 0 radical (unpaired) electrons. The third-order valence-electron chi connectivity index (χ3n) is 6.98. The van der Waals surface area contributed by atoms with E-state index in [4.69, 9.17) is 25.9 Å². The zero-order chi connectivity index (χ0) is 25.4. The summed E-state index contributed by atoms with van der Waals surface area (Å²) < 4.78 is 10.8.